The van der Waals surface area contributed by atoms with E-state index in [4.69, 9.17) is 4.74 Å². The fourth-order valence-corrected chi connectivity index (χ4v) is 7.63. The van der Waals surface area contributed by atoms with Gasteiger partial charge in [-0.25, -0.2) is 13.2 Å². The Morgan fingerprint density at radius 2 is 2.00 bits per heavy atom. The van der Waals surface area contributed by atoms with E-state index in [1.54, 1.807) is 26.8 Å². The Balaban J connectivity index is 1.82. The first kappa shape index (κ1) is 24.3. The Morgan fingerprint density at radius 3 is 2.62 bits per heavy atom. The average Bonchev–Trinajstić information content (AvgIpc) is 3.13. The van der Waals surface area contributed by atoms with E-state index in [9.17, 15) is 18.0 Å². The van der Waals surface area contributed by atoms with Gasteiger partial charge in [-0.2, -0.15) is 4.99 Å². The molecule has 3 rings (SSSR count). The second-order valence-corrected chi connectivity index (χ2v) is 12.2. The number of nitrogens with one attached hydrogen (secondary N) is 1. The van der Waals surface area contributed by atoms with Crippen LogP contribution in [-0.4, -0.2) is 71.5 Å². The minimum Gasteiger partial charge on any atom is -0.444 e. The minimum absolute atomic E-state index is 0.0370. The van der Waals surface area contributed by atoms with Crippen LogP contribution >= 0.6 is 11.8 Å². The van der Waals surface area contributed by atoms with E-state index in [2.05, 4.69) is 16.9 Å². The van der Waals surface area contributed by atoms with E-state index >= 15 is 0 Å². The second kappa shape index (κ2) is 9.66. The van der Waals surface area contributed by atoms with Gasteiger partial charge in [-0.05, 0) is 26.3 Å². The maximum absolute atomic E-state index is 13.2. The largest absolute Gasteiger partial charge is 0.444 e. The van der Waals surface area contributed by atoms with Crippen LogP contribution in [0.1, 0.15) is 26.3 Å². The van der Waals surface area contributed by atoms with Crippen molar-refractivity contribution in [1.82, 2.24) is 10.2 Å². The number of fused-ring (bicyclic) bond motifs is 1. The fraction of sp³-hybridized carbons (Fsp3) is 0.500. The number of benzene rings is 1. The molecule has 2 fully saturated rings. The third-order valence-corrected chi connectivity index (χ3v) is 8.23. The Labute approximate surface area is 193 Å². The number of thioether (sulfide) groups is 1. The number of nitrogens with zero attached hydrogens (tertiary/aromatic N) is 2. The molecule has 0 radical (unpaired) electrons. The lowest BCUT2D eigenvalue weighted by molar-refractivity contribution is -0.119. The number of hydrogen-bond acceptors (Lipinski definition) is 6. The molecule has 1 N–H and O–H groups in total. The van der Waals surface area contributed by atoms with Crippen LogP contribution < -0.4 is 5.32 Å². The molecule has 2 saturated heterocycles. The van der Waals surface area contributed by atoms with Crippen LogP contribution in [0.5, 0.6) is 0 Å². The first-order valence-corrected chi connectivity index (χ1v) is 13.1. The lowest BCUT2D eigenvalue weighted by Gasteiger charge is -2.24. The van der Waals surface area contributed by atoms with Gasteiger partial charge in [-0.3, -0.25) is 4.79 Å². The molecule has 8 nitrogen and oxygen atoms in total. The van der Waals surface area contributed by atoms with Gasteiger partial charge in [-0.1, -0.05) is 48.2 Å². The first-order valence-electron chi connectivity index (χ1n) is 10.4. The molecule has 2 aliphatic heterocycles. The molecule has 3 atom stereocenters. The highest BCUT2D eigenvalue weighted by atomic mass is 32.2. The first-order chi connectivity index (χ1) is 15.0. The zero-order chi connectivity index (χ0) is 23.5. The number of amidine groups is 1. The number of ether oxygens (including phenoxy) is 1. The molecule has 174 valence electrons. The monoisotopic (exact) mass is 479 g/mol. The molecule has 2 aliphatic rings. The minimum atomic E-state index is -3.11. The van der Waals surface area contributed by atoms with Crippen molar-refractivity contribution in [3.05, 3.63) is 48.6 Å². The smallest absolute Gasteiger partial charge is 0.408 e. The summed E-state index contributed by atoms with van der Waals surface area (Å²) in [6.07, 6.45) is 1.22. The molecule has 0 spiro atoms. The van der Waals surface area contributed by atoms with Gasteiger partial charge in [0.2, 0.25) is 0 Å². The predicted octanol–water partition coefficient (Wildman–Crippen LogP) is 2.41. The topological polar surface area (TPSA) is 105 Å². The molecular weight excluding hydrogens is 450 g/mol. The number of hydrogen-bond donors (Lipinski definition) is 1. The summed E-state index contributed by atoms with van der Waals surface area (Å²) in [6, 6.07) is 8.17. The number of carbonyl (C=O) groups is 2. The maximum atomic E-state index is 13.2. The molecule has 2 amide bonds. The lowest BCUT2D eigenvalue weighted by atomic mass is 10.1. The zero-order valence-corrected chi connectivity index (χ0v) is 20.1. The third kappa shape index (κ3) is 6.35. The highest BCUT2D eigenvalue weighted by Crippen LogP contribution is 2.38. The van der Waals surface area contributed by atoms with Crippen LogP contribution in [0.2, 0.25) is 0 Å². The Kier molecular flexibility index (Phi) is 7.34. The zero-order valence-electron chi connectivity index (χ0n) is 18.5. The third-order valence-electron chi connectivity index (χ3n) is 4.98. The van der Waals surface area contributed by atoms with Gasteiger partial charge in [0.25, 0.3) is 5.91 Å². The summed E-state index contributed by atoms with van der Waals surface area (Å²) >= 11 is 1.30. The van der Waals surface area contributed by atoms with Gasteiger partial charge < -0.3 is 15.0 Å². The summed E-state index contributed by atoms with van der Waals surface area (Å²) in [5, 5.41) is 2.94. The van der Waals surface area contributed by atoms with Crippen molar-refractivity contribution >= 4 is 38.8 Å². The van der Waals surface area contributed by atoms with Crippen molar-refractivity contribution in [2.24, 2.45) is 4.99 Å². The Bertz CT molecular complexity index is 1000. The number of aliphatic imine (C=N–C) groups is 1. The molecule has 0 unspecified atom stereocenters. The molecule has 0 aromatic heterocycles. The van der Waals surface area contributed by atoms with E-state index in [0.717, 1.165) is 5.56 Å². The summed E-state index contributed by atoms with van der Waals surface area (Å²) in [4.78, 5) is 31.7. The molecule has 10 heteroatoms. The lowest BCUT2D eigenvalue weighted by Crippen LogP contribution is -2.45. The van der Waals surface area contributed by atoms with E-state index in [1.807, 2.05) is 35.2 Å². The highest BCUT2D eigenvalue weighted by molar-refractivity contribution is 8.15. The van der Waals surface area contributed by atoms with Crippen molar-refractivity contribution in [3.8, 4) is 0 Å². The van der Waals surface area contributed by atoms with Crippen LogP contribution in [0.25, 0.3) is 0 Å². The number of carbonyl (C=O) groups excluding carboxylic acids is 2. The highest BCUT2D eigenvalue weighted by Gasteiger charge is 2.48. The summed E-state index contributed by atoms with van der Waals surface area (Å²) < 4.78 is 29.4. The van der Waals surface area contributed by atoms with Gasteiger partial charge in [0.15, 0.2) is 15.0 Å². The van der Waals surface area contributed by atoms with Crippen LogP contribution in [0.4, 0.5) is 4.79 Å². The van der Waals surface area contributed by atoms with E-state index in [1.165, 1.54) is 11.8 Å². The van der Waals surface area contributed by atoms with Crippen molar-refractivity contribution in [2.75, 3.05) is 18.1 Å². The number of sulfone groups is 1. The Morgan fingerprint density at radius 1 is 1.31 bits per heavy atom. The standard InChI is InChI=1S/C22H29N3O5S2/c1-5-11-25-17-13-32(28,29)14-18(17)31-20(25)24-19(26)16(12-15-9-7-6-8-10-15)23-21(27)30-22(2,3)4/h5-10,16-18H,1,11-14H2,2-4H3,(H,23,27)/t16-,17+,18-/m0/s1. The van der Waals surface area contributed by atoms with Gasteiger partial charge in [0.1, 0.15) is 11.6 Å². The molecule has 0 saturated carbocycles. The molecule has 0 bridgehead atoms. The van der Waals surface area contributed by atoms with Crippen molar-refractivity contribution < 1.29 is 22.7 Å². The van der Waals surface area contributed by atoms with Gasteiger partial charge in [0, 0.05) is 18.2 Å². The number of alkyl carbamates (subject to hydrolysis) is 1. The summed E-state index contributed by atoms with van der Waals surface area (Å²) in [6.45, 7) is 9.36. The van der Waals surface area contributed by atoms with Crippen LogP contribution in [-0.2, 0) is 25.8 Å². The molecule has 1 aromatic rings. The van der Waals surface area contributed by atoms with E-state index in [0.29, 0.717) is 11.7 Å². The quantitative estimate of drug-likeness (QED) is 0.625. The van der Waals surface area contributed by atoms with Crippen LogP contribution in [0.3, 0.4) is 0 Å². The van der Waals surface area contributed by atoms with Gasteiger partial charge in [-0.15, -0.1) is 6.58 Å². The van der Waals surface area contributed by atoms with Crippen molar-refractivity contribution in [1.29, 1.82) is 0 Å². The van der Waals surface area contributed by atoms with Crippen LogP contribution in [0, 0.1) is 0 Å². The Hall–Kier alpha value is -2.33. The average molecular weight is 480 g/mol. The molecule has 0 aliphatic carbocycles. The summed E-state index contributed by atoms with van der Waals surface area (Å²) in [7, 11) is -3.11. The second-order valence-electron chi connectivity index (χ2n) is 8.86. The predicted molar refractivity (Wildman–Crippen MR) is 126 cm³/mol. The normalized spacial score (nSPS) is 24.1. The molecular formula is C22H29N3O5S2. The van der Waals surface area contributed by atoms with E-state index < -0.39 is 33.5 Å². The van der Waals surface area contributed by atoms with Gasteiger partial charge >= 0.3 is 6.09 Å². The van der Waals surface area contributed by atoms with E-state index in [-0.39, 0.29) is 29.2 Å². The molecule has 32 heavy (non-hydrogen) atoms. The van der Waals surface area contributed by atoms with Crippen molar-refractivity contribution in [2.45, 2.75) is 50.1 Å². The van der Waals surface area contributed by atoms with Gasteiger partial charge in [0.05, 0.1) is 17.5 Å². The summed E-state index contributed by atoms with van der Waals surface area (Å²) in [5.74, 6) is -0.415. The summed E-state index contributed by atoms with van der Waals surface area (Å²) in [5.41, 5.74) is 0.161. The van der Waals surface area contributed by atoms with Crippen molar-refractivity contribution in [3.63, 3.8) is 0 Å². The molecule has 1 aromatic carbocycles. The SMILES string of the molecule is C=CCN1C(=NC(=O)[C@H](Cc2ccccc2)NC(=O)OC(C)(C)C)S[C@H]2CS(=O)(=O)C[C@H]21. The van der Waals surface area contributed by atoms with Crippen LogP contribution in [0.15, 0.2) is 48.0 Å². The number of amides is 2. The number of rotatable bonds is 6. The maximum Gasteiger partial charge on any atom is 0.408 e. The fourth-order valence-electron chi connectivity index (χ4n) is 3.66. The molecule has 2 heterocycles.